The van der Waals surface area contributed by atoms with Crippen LogP contribution >= 0.6 is 0 Å². The highest BCUT2D eigenvalue weighted by atomic mass is 16.5. The molecule has 4 rings (SSSR count). The van der Waals surface area contributed by atoms with E-state index in [-0.39, 0.29) is 24.0 Å². The Morgan fingerprint density at radius 2 is 2.07 bits per heavy atom. The van der Waals surface area contributed by atoms with Crippen LogP contribution in [0.15, 0.2) is 24.4 Å². The molecule has 2 aliphatic heterocycles. The molecule has 11 heteroatoms. The van der Waals surface area contributed by atoms with E-state index in [1.807, 2.05) is 0 Å². The third-order valence-corrected chi connectivity index (χ3v) is 5.04. The summed E-state index contributed by atoms with van der Waals surface area (Å²) in [6.45, 7) is 1.37. The zero-order chi connectivity index (χ0) is 21.3. The van der Waals surface area contributed by atoms with Gasteiger partial charge < -0.3 is 10.1 Å². The van der Waals surface area contributed by atoms with E-state index < -0.39 is 29.7 Å². The van der Waals surface area contributed by atoms with Crippen LogP contribution in [0.25, 0.3) is 0 Å². The molecule has 0 radical (unpaired) electrons. The lowest BCUT2D eigenvalue weighted by Crippen LogP contribution is -2.54. The normalized spacial score (nSPS) is 18.6. The van der Waals surface area contributed by atoms with Gasteiger partial charge in [0, 0.05) is 19.2 Å². The smallest absolute Gasteiger partial charge is 0.264 e. The SMILES string of the molecule is COCCn1cc(CNc2cccc3c2C(=O)N(C2CCC(=O)NC2=O)C3=O)nn1. The molecule has 0 spiro atoms. The molecule has 0 saturated carbocycles. The third kappa shape index (κ3) is 3.54. The van der Waals surface area contributed by atoms with Gasteiger partial charge in [0.2, 0.25) is 11.8 Å². The molecule has 1 aromatic carbocycles. The fraction of sp³-hybridized carbons (Fsp3) is 0.368. The number of ether oxygens (including phenoxy) is 1. The van der Waals surface area contributed by atoms with Gasteiger partial charge in [0.05, 0.1) is 37.0 Å². The molecule has 1 saturated heterocycles. The summed E-state index contributed by atoms with van der Waals surface area (Å²) in [5.41, 5.74) is 1.55. The Kier molecular flexibility index (Phi) is 5.27. The molecule has 2 aliphatic rings. The van der Waals surface area contributed by atoms with Crippen molar-refractivity contribution in [2.24, 2.45) is 0 Å². The van der Waals surface area contributed by atoms with Crippen molar-refractivity contribution >= 4 is 29.3 Å². The Morgan fingerprint density at radius 1 is 1.23 bits per heavy atom. The molecule has 3 heterocycles. The maximum absolute atomic E-state index is 13.0. The highest BCUT2D eigenvalue weighted by molar-refractivity contribution is 6.25. The quantitative estimate of drug-likeness (QED) is 0.604. The Hall–Kier alpha value is -3.60. The van der Waals surface area contributed by atoms with Crippen molar-refractivity contribution < 1.29 is 23.9 Å². The highest BCUT2D eigenvalue weighted by Crippen LogP contribution is 2.32. The van der Waals surface area contributed by atoms with Crippen LogP contribution in [0.4, 0.5) is 5.69 Å². The van der Waals surface area contributed by atoms with E-state index in [9.17, 15) is 19.2 Å². The average Bonchev–Trinajstić information content (AvgIpc) is 3.28. The first kappa shape index (κ1) is 19.7. The fourth-order valence-electron chi connectivity index (χ4n) is 3.56. The molecule has 2 N–H and O–H groups in total. The van der Waals surface area contributed by atoms with E-state index in [0.717, 1.165) is 4.90 Å². The summed E-state index contributed by atoms with van der Waals surface area (Å²) in [6, 6.07) is 3.90. The number of carbonyl (C=O) groups excluding carboxylic acids is 4. The number of hydrogen-bond donors (Lipinski definition) is 2. The van der Waals surface area contributed by atoms with Crippen molar-refractivity contribution in [1.82, 2.24) is 25.2 Å². The molecule has 30 heavy (non-hydrogen) atoms. The predicted octanol–water partition coefficient (Wildman–Crippen LogP) is -0.0622. The minimum atomic E-state index is -0.997. The average molecular weight is 412 g/mol. The van der Waals surface area contributed by atoms with E-state index in [1.165, 1.54) is 0 Å². The van der Waals surface area contributed by atoms with Crippen LogP contribution in [0.2, 0.25) is 0 Å². The van der Waals surface area contributed by atoms with E-state index in [2.05, 4.69) is 20.9 Å². The van der Waals surface area contributed by atoms with Gasteiger partial charge >= 0.3 is 0 Å². The van der Waals surface area contributed by atoms with Crippen molar-refractivity contribution in [3.8, 4) is 0 Å². The number of imide groups is 2. The second-order valence-corrected chi connectivity index (χ2v) is 6.99. The van der Waals surface area contributed by atoms with E-state index in [1.54, 1.807) is 36.2 Å². The Bertz CT molecular complexity index is 1030. The maximum Gasteiger partial charge on any atom is 0.264 e. The number of amides is 4. The van der Waals surface area contributed by atoms with Crippen molar-refractivity contribution in [3.05, 3.63) is 41.2 Å². The van der Waals surface area contributed by atoms with Crippen LogP contribution in [-0.4, -0.2) is 63.3 Å². The van der Waals surface area contributed by atoms with Gasteiger partial charge in [-0.1, -0.05) is 11.3 Å². The number of rotatable bonds is 7. The summed E-state index contributed by atoms with van der Waals surface area (Å²) in [7, 11) is 1.60. The van der Waals surface area contributed by atoms with Crippen LogP contribution in [0.5, 0.6) is 0 Å². The zero-order valence-electron chi connectivity index (χ0n) is 16.3. The van der Waals surface area contributed by atoms with Crippen LogP contribution in [0.3, 0.4) is 0 Å². The van der Waals surface area contributed by atoms with Gasteiger partial charge in [0.1, 0.15) is 11.7 Å². The lowest BCUT2D eigenvalue weighted by atomic mass is 10.0. The Balaban J connectivity index is 1.52. The predicted molar refractivity (Wildman–Crippen MR) is 102 cm³/mol. The first-order valence-electron chi connectivity index (χ1n) is 9.46. The van der Waals surface area contributed by atoms with Gasteiger partial charge in [0.25, 0.3) is 11.8 Å². The molecule has 11 nitrogen and oxygen atoms in total. The summed E-state index contributed by atoms with van der Waals surface area (Å²) >= 11 is 0. The maximum atomic E-state index is 13.0. The summed E-state index contributed by atoms with van der Waals surface area (Å²) in [4.78, 5) is 50.4. The van der Waals surface area contributed by atoms with Gasteiger partial charge in [-0.05, 0) is 18.6 Å². The summed E-state index contributed by atoms with van der Waals surface area (Å²) in [5, 5.41) is 13.4. The zero-order valence-corrected chi connectivity index (χ0v) is 16.3. The number of anilines is 1. The minimum absolute atomic E-state index is 0.0770. The van der Waals surface area contributed by atoms with Crippen molar-refractivity contribution in [2.75, 3.05) is 19.0 Å². The molecule has 0 aliphatic carbocycles. The standard InChI is InChI=1S/C19H20N6O5/c1-30-8-7-24-10-11(22-23-24)9-20-13-4-2-3-12-16(13)19(29)25(18(12)28)14-5-6-15(26)21-17(14)27/h2-4,10,14,20H,5-9H2,1H3,(H,21,26,27). The number of methoxy groups -OCH3 is 1. The van der Waals surface area contributed by atoms with Crippen molar-refractivity contribution in [3.63, 3.8) is 0 Å². The monoisotopic (exact) mass is 412 g/mol. The highest BCUT2D eigenvalue weighted by Gasteiger charge is 2.45. The summed E-state index contributed by atoms with van der Waals surface area (Å²) in [6.07, 6.45) is 1.95. The van der Waals surface area contributed by atoms with E-state index >= 15 is 0 Å². The minimum Gasteiger partial charge on any atom is -0.383 e. The molecule has 156 valence electrons. The van der Waals surface area contributed by atoms with Crippen molar-refractivity contribution in [1.29, 1.82) is 0 Å². The molecule has 1 unspecified atom stereocenters. The molecule has 2 aromatic rings. The Labute approximate surface area is 171 Å². The van der Waals surface area contributed by atoms with Crippen LogP contribution in [0, 0.1) is 0 Å². The van der Waals surface area contributed by atoms with Gasteiger partial charge in [-0.15, -0.1) is 5.10 Å². The third-order valence-electron chi connectivity index (χ3n) is 5.04. The number of aromatic nitrogens is 3. The lowest BCUT2D eigenvalue weighted by Gasteiger charge is -2.27. The molecule has 1 fully saturated rings. The van der Waals surface area contributed by atoms with Gasteiger partial charge in [-0.25, -0.2) is 4.68 Å². The molecule has 4 amide bonds. The second kappa shape index (κ2) is 8.03. The van der Waals surface area contributed by atoms with Crippen LogP contribution in [-0.2, 0) is 27.4 Å². The first-order chi connectivity index (χ1) is 14.5. The number of hydrogen-bond acceptors (Lipinski definition) is 8. The molecule has 1 aromatic heterocycles. The van der Waals surface area contributed by atoms with E-state index in [0.29, 0.717) is 31.1 Å². The van der Waals surface area contributed by atoms with Gasteiger partial charge in [0.15, 0.2) is 0 Å². The number of nitrogens with one attached hydrogen (secondary N) is 2. The van der Waals surface area contributed by atoms with Crippen molar-refractivity contribution in [2.45, 2.75) is 32.0 Å². The number of fused-ring (bicyclic) bond motifs is 1. The van der Waals surface area contributed by atoms with E-state index in [4.69, 9.17) is 4.74 Å². The van der Waals surface area contributed by atoms with Gasteiger partial charge in [-0.2, -0.15) is 0 Å². The number of benzene rings is 1. The Morgan fingerprint density at radius 3 is 2.83 bits per heavy atom. The molecular weight excluding hydrogens is 392 g/mol. The summed E-state index contributed by atoms with van der Waals surface area (Å²) in [5.74, 6) is -2.15. The molecule has 0 bridgehead atoms. The molecular formula is C19H20N6O5. The second-order valence-electron chi connectivity index (χ2n) is 6.99. The fourth-order valence-corrected chi connectivity index (χ4v) is 3.56. The number of nitrogens with zero attached hydrogens (tertiary/aromatic N) is 4. The lowest BCUT2D eigenvalue weighted by molar-refractivity contribution is -0.136. The first-order valence-corrected chi connectivity index (χ1v) is 9.46. The number of piperidine rings is 1. The summed E-state index contributed by atoms with van der Waals surface area (Å²) < 4.78 is 6.65. The van der Waals surface area contributed by atoms with Crippen LogP contribution < -0.4 is 10.6 Å². The topological polar surface area (TPSA) is 136 Å². The van der Waals surface area contributed by atoms with Crippen LogP contribution in [0.1, 0.15) is 39.3 Å². The largest absolute Gasteiger partial charge is 0.383 e. The number of carbonyl (C=O) groups is 4. The molecule has 1 atom stereocenters. The van der Waals surface area contributed by atoms with Gasteiger partial charge in [-0.3, -0.25) is 29.4 Å².